The standard InChI is InChI=1S/2C10H18O3S.2C4H9.Sn/c2*1-2-3-4-5-6-7-8-13-9(11)10(12)14;2*1-3-4-2;/h2*2-8H2,1H3,(H,12,14);2*1,3-4H2,2H3;/q;;;;+2/p-2. The maximum absolute atomic E-state index is 10.6. The van der Waals surface area contributed by atoms with E-state index in [0.29, 0.717) is 13.2 Å². The molecule has 6 nitrogen and oxygen atoms in total. The number of unbranched alkanes of at least 4 members (excludes halogenated alkanes) is 12. The maximum atomic E-state index is 10.6. The van der Waals surface area contributed by atoms with Crippen LogP contribution in [0.2, 0.25) is 8.87 Å². The van der Waals surface area contributed by atoms with Crippen molar-refractivity contribution in [1.82, 2.24) is 0 Å². The third-order valence-corrected chi connectivity index (χ3v) is 9.58. The van der Waals surface area contributed by atoms with Gasteiger partial charge < -0.3 is 44.3 Å². The van der Waals surface area contributed by atoms with Crippen LogP contribution in [0.4, 0.5) is 0 Å². The molecule has 0 aromatic rings. The Morgan fingerprint density at radius 2 is 0.784 bits per heavy atom. The molecule has 37 heavy (non-hydrogen) atoms. The molecule has 0 aliphatic carbocycles. The van der Waals surface area contributed by atoms with Gasteiger partial charge >= 0.3 is 81.5 Å². The molecular weight excluding hydrogens is 615 g/mol. The van der Waals surface area contributed by atoms with E-state index in [-0.39, 0.29) is 21.1 Å². The number of ether oxygens (including phenoxy) is 2. The van der Waals surface area contributed by atoms with Gasteiger partial charge in [0.2, 0.25) is 0 Å². The van der Waals surface area contributed by atoms with Crippen LogP contribution in [-0.4, -0.2) is 56.5 Å². The Morgan fingerprint density at radius 3 is 1.08 bits per heavy atom. The molecule has 0 aromatic carbocycles. The summed E-state index contributed by atoms with van der Waals surface area (Å²) in [6.45, 7) is 9.53. The van der Waals surface area contributed by atoms with Gasteiger partial charge in [0.15, 0.2) is 0 Å². The van der Waals surface area contributed by atoms with Crippen LogP contribution >= 0.6 is 0 Å². The van der Waals surface area contributed by atoms with Gasteiger partial charge in [-0.05, 0) is 12.8 Å². The number of rotatable bonds is 22. The van der Waals surface area contributed by atoms with Gasteiger partial charge in [-0.15, -0.1) is 0 Å². The van der Waals surface area contributed by atoms with Crippen LogP contribution in [0.25, 0.3) is 0 Å². The van der Waals surface area contributed by atoms with E-state index >= 15 is 0 Å². The molecule has 0 aromatic heterocycles. The molecule has 0 fully saturated rings. The third kappa shape index (κ3) is 40.2. The Hall–Kier alpha value is -0.481. The summed E-state index contributed by atoms with van der Waals surface area (Å²) >= 11 is 8.40. The molecule has 0 spiro atoms. The van der Waals surface area contributed by atoms with E-state index < -0.39 is 22.2 Å². The van der Waals surface area contributed by atoms with Crippen molar-refractivity contribution in [1.29, 1.82) is 0 Å². The second-order valence-electron chi connectivity index (χ2n) is 8.84. The first-order valence-electron chi connectivity index (χ1n) is 14.2. The van der Waals surface area contributed by atoms with Crippen molar-refractivity contribution in [2.45, 2.75) is 139 Å². The number of esters is 2. The zero-order chi connectivity index (χ0) is 28.6. The zero-order valence-electron chi connectivity index (χ0n) is 23.9. The van der Waals surface area contributed by atoms with Gasteiger partial charge in [0, 0.05) is 0 Å². The average molecular weight is 668 g/mol. The molecule has 0 bridgehead atoms. The van der Waals surface area contributed by atoms with E-state index in [1.807, 2.05) is 0 Å². The normalized spacial score (nSPS) is 9.62. The van der Waals surface area contributed by atoms with E-state index in [1.54, 1.807) is 8.87 Å². The summed E-state index contributed by atoms with van der Waals surface area (Å²) in [4.78, 5) is 41.8. The molecule has 0 aliphatic rings. The fraction of sp³-hybridized carbons (Fsp3) is 0.857. The Bertz CT molecular complexity index is 501. The first-order chi connectivity index (χ1) is 17.8. The zero-order valence-corrected chi connectivity index (χ0v) is 28.4. The molecule has 0 N–H and O–H groups in total. The van der Waals surface area contributed by atoms with Crippen molar-refractivity contribution in [3.05, 3.63) is 0 Å². The molecule has 0 aliphatic heterocycles. The van der Waals surface area contributed by atoms with Crippen LogP contribution in [0.1, 0.15) is 130 Å². The molecule has 0 unspecified atom stereocenters. The third-order valence-electron chi connectivity index (χ3n) is 5.21. The fourth-order valence-electron chi connectivity index (χ4n) is 2.94. The van der Waals surface area contributed by atoms with Crippen molar-refractivity contribution in [2.24, 2.45) is 0 Å². The Kier molecular flexibility index (Phi) is 39.4. The quantitative estimate of drug-likeness (QED) is 0.0399. The summed E-state index contributed by atoms with van der Waals surface area (Å²) < 4.78 is 12.5. The molecule has 0 saturated heterocycles. The predicted molar refractivity (Wildman–Crippen MR) is 159 cm³/mol. The number of hydrogen-bond acceptors (Lipinski definition) is 8. The molecule has 0 saturated carbocycles. The van der Waals surface area contributed by atoms with Gasteiger partial charge in [0.05, 0.1) is 13.2 Å². The predicted octanol–water partition coefficient (Wildman–Crippen LogP) is 7.05. The van der Waals surface area contributed by atoms with Gasteiger partial charge in [0.1, 0.15) is 10.2 Å². The van der Waals surface area contributed by atoms with Crippen LogP contribution in [-0.2, 0) is 53.9 Å². The average Bonchev–Trinajstić information content (AvgIpc) is 2.88. The van der Waals surface area contributed by atoms with Gasteiger partial charge in [-0.2, -0.15) is 0 Å². The Balaban J connectivity index is -0.000000481. The van der Waals surface area contributed by atoms with E-state index in [2.05, 4.69) is 62.4 Å². The van der Waals surface area contributed by atoms with E-state index in [0.717, 1.165) is 38.5 Å². The summed E-state index contributed by atoms with van der Waals surface area (Å²) in [6, 6.07) is 0. The SMILES string of the molecule is CCCCCCCCOC(=O)C(=O)[S-].CCCCCCCCOC(=O)C(=O)[S-].CCC[CH2][Sn+2][CH2]CCC. The van der Waals surface area contributed by atoms with Crippen molar-refractivity contribution < 1.29 is 28.7 Å². The van der Waals surface area contributed by atoms with Crippen molar-refractivity contribution >= 4 is 68.6 Å². The number of carbonyl (C=O) groups excluding carboxylic acids is 4. The summed E-state index contributed by atoms with van der Waals surface area (Å²) in [6.07, 6.45) is 19.3. The van der Waals surface area contributed by atoms with Gasteiger partial charge in [-0.1, -0.05) is 78.1 Å². The first kappa shape index (κ1) is 41.0. The minimum atomic E-state index is -0.934. The topological polar surface area (TPSA) is 86.7 Å². The Labute approximate surface area is 248 Å². The van der Waals surface area contributed by atoms with Crippen molar-refractivity contribution in [3.8, 4) is 0 Å². The molecule has 0 atom stereocenters. The van der Waals surface area contributed by atoms with E-state index in [4.69, 9.17) is 0 Å². The van der Waals surface area contributed by atoms with Gasteiger partial charge in [0.25, 0.3) is 0 Å². The van der Waals surface area contributed by atoms with E-state index in [1.165, 1.54) is 64.2 Å². The molecule has 0 amide bonds. The summed E-state index contributed by atoms with van der Waals surface area (Å²) in [5, 5.41) is -1.87. The molecular formula is C28H52O6S2Sn. The van der Waals surface area contributed by atoms with Gasteiger partial charge in [-0.25, -0.2) is 9.59 Å². The second kappa shape index (κ2) is 35.5. The molecule has 9 heteroatoms. The van der Waals surface area contributed by atoms with Crippen molar-refractivity contribution in [2.75, 3.05) is 13.2 Å². The molecule has 0 radical (unpaired) electrons. The number of hydrogen-bond donors (Lipinski definition) is 0. The minimum absolute atomic E-state index is 0.149. The summed E-state index contributed by atoms with van der Waals surface area (Å²) in [5.41, 5.74) is 0. The van der Waals surface area contributed by atoms with Gasteiger partial charge in [-0.3, -0.25) is 0 Å². The van der Waals surface area contributed by atoms with E-state index in [9.17, 15) is 19.2 Å². The number of carbonyl (C=O) groups is 4. The van der Waals surface area contributed by atoms with Crippen LogP contribution in [0.5, 0.6) is 0 Å². The molecule has 0 rings (SSSR count). The Morgan fingerprint density at radius 1 is 0.486 bits per heavy atom. The van der Waals surface area contributed by atoms with Crippen LogP contribution in [0.15, 0.2) is 0 Å². The second-order valence-corrected chi connectivity index (χ2v) is 13.9. The van der Waals surface area contributed by atoms with Crippen molar-refractivity contribution in [3.63, 3.8) is 0 Å². The van der Waals surface area contributed by atoms with Crippen LogP contribution < -0.4 is 0 Å². The fourth-order valence-corrected chi connectivity index (χ4v) is 7.22. The summed E-state index contributed by atoms with van der Waals surface area (Å²) in [5.74, 6) is -1.79. The van der Waals surface area contributed by atoms with Crippen LogP contribution in [0.3, 0.4) is 0 Å². The van der Waals surface area contributed by atoms with Crippen LogP contribution in [0, 0.1) is 0 Å². The molecule has 216 valence electrons. The molecule has 0 heterocycles. The monoisotopic (exact) mass is 668 g/mol. The summed E-state index contributed by atoms with van der Waals surface area (Å²) in [7, 11) is 0. The first-order valence-corrected chi connectivity index (χ1v) is 19.1.